The van der Waals surface area contributed by atoms with E-state index in [4.69, 9.17) is 21.1 Å². The van der Waals surface area contributed by atoms with Crippen LogP contribution in [0.1, 0.15) is 27.2 Å². The standard InChI is InChI=1S/C22H21ClN2O3/c1-15-18(13-25(2)24-15)20(26)10-8-16-9-11-21(27-3)17(12-16)14-28-22-7-5-4-6-19(22)23/h4-13H,14H2,1-3H3/b10-8+. The Bertz CT molecular complexity index is 1020. The van der Waals surface area contributed by atoms with Gasteiger partial charge in [0.15, 0.2) is 5.78 Å². The lowest BCUT2D eigenvalue weighted by molar-refractivity contribution is 0.104. The Kier molecular flexibility index (Phi) is 6.16. The smallest absolute Gasteiger partial charge is 0.189 e. The molecule has 3 aromatic rings. The molecule has 1 heterocycles. The normalized spacial score (nSPS) is 11.0. The molecule has 0 bridgehead atoms. The highest BCUT2D eigenvalue weighted by Crippen LogP contribution is 2.27. The number of hydrogen-bond donors (Lipinski definition) is 0. The van der Waals surface area contributed by atoms with E-state index < -0.39 is 0 Å². The SMILES string of the molecule is COc1ccc(/C=C/C(=O)c2cn(C)nc2C)cc1COc1ccccc1Cl. The number of methoxy groups -OCH3 is 1. The zero-order valence-electron chi connectivity index (χ0n) is 16.0. The molecule has 0 aliphatic carbocycles. The first-order valence-electron chi connectivity index (χ1n) is 8.75. The van der Waals surface area contributed by atoms with Gasteiger partial charge in [0.1, 0.15) is 18.1 Å². The molecule has 28 heavy (non-hydrogen) atoms. The van der Waals surface area contributed by atoms with Crippen molar-refractivity contribution in [3.05, 3.63) is 82.1 Å². The summed E-state index contributed by atoms with van der Waals surface area (Å²) in [7, 11) is 3.40. The van der Waals surface area contributed by atoms with Crippen LogP contribution in [0.25, 0.3) is 6.08 Å². The van der Waals surface area contributed by atoms with Gasteiger partial charge in [-0.3, -0.25) is 9.48 Å². The van der Waals surface area contributed by atoms with Crippen LogP contribution in [0.3, 0.4) is 0 Å². The summed E-state index contributed by atoms with van der Waals surface area (Å²) >= 11 is 6.14. The van der Waals surface area contributed by atoms with Crippen molar-refractivity contribution in [1.82, 2.24) is 9.78 Å². The number of allylic oxidation sites excluding steroid dienone is 1. The number of aryl methyl sites for hydroxylation is 2. The molecule has 0 spiro atoms. The minimum absolute atomic E-state index is 0.0877. The fourth-order valence-corrected chi connectivity index (χ4v) is 3.03. The number of hydrogen-bond acceptors (Lipinski definition) is 4. The monoisotopic (exact) mass is 396 g/mol. The van der Waals surface area contributed by atoms with E-state index in [1.807, 2.05) is 43.3 Å². The van der Waals surface area contributed by atoms with E-state index in [1.165, 1.54) is 0 Å². The molecule has 3 rings (SSSR count). The number of carbonyl (C=O) groups is 1. The van der Waals surface area contributed by atoms with Crippen molar-refractivity contribution in [3.63, 3.8) is 0 Å². The molecular formula is C22H21ClN2O3. The summed E-state index contributed by atoms with van der Waals surface area (Å²) in [6.07, 6.45) is 5.04. The van der Waals surface area contributed by atoms with Crippen LogP contribution in [0.2, 0.25) is 5.02 Å². The van der Waals surface area contributed by atoms with Crippen LogP contribution in [0, 0.1) is 6.92 Å². The van der Waals surface area contributed by atoms with Crippen molar-refractivity contribution < 1.29 is 14.3 Å². The van der Waals surface area contributed by atoms with E-state index in [0.29, 0.717) is 34.4 Å². The van der Waals surface area contributed by atoms with Crippen molar-refractivity contribution >= 4 is 23.5 Å². The van der Waals surface area contributed by atoms with Gasteiger partial charge in [0.25, 0.3) is 0 Å². The molecular weight excluding hydrogens is 376 g/mol. The number of ketones is 1. The summed E-state index contributed by atoms with van der Waals surface area (Å²) in [5.41, 5.74) is 3.03. The topological polar surface area (TPSA) is 53.4 Å². The lowest BCUT2D eigenvalue weighted by Crippen LogP contribution is -2.00. The molecule has 1 aromatic heterocycles. The lowest BCUT2D eigenvalue weighted by Gasteiger charge is -2.12. The van der Waals surface area contributed by atoms with Gasteiger partial charge in [0, 0.05) is 18.8 Å². The molecule has 0 saturated carbocycles. The maximum absolute atomic E-state index is 12.4. The Morgan fingerprint density at radius 3 is 2.68 bits per heavy atom. The van der Waals surface area contributed by atoms with Crippen molar-refractivity contribution in [2.75, 3.05) is 7.11 Å². The fraction of sp³-hybridized carbons (Fsp3) is 0.182. The highest BCUT2D eigenvalue weighted by molar-refractivity contribution is 6.32. The first-order chi connectivity index (χ1) is 13.5. The van der Waals surface area contributed by atoms with Crippen LogP contribution >= 0.6 is 11.6 Å². The van der Waals surface area contributed by atoms with E-state index in [1.54, 1.807) is 43.3 Å². The molecule has 0 saturated heterocycles. The van der Waals surface area contributed by atoms with E-state index >= 15 is 0 Å². The largest absolute Gasteiger partial charge is 0.496 e. The van der Waals surface area contributed by atoms with Gasteiger partial charge >= 0.3 is 0 Å². The maximum Gasteiger partial charge on any atom is 0.189 e. The lowest BCUT2D eigenvalue weighted by atomic mass is 10.1. The molecule has 0 aliphatic heterocycles. The molecule has 5 nitrogen and oxygen atoms in total. The van der Waals surface area contributed by atoms with Gasteiger partial charge in [-0.05, 0) is 42.8 Å². The van der Waals surface area contributed by atoms with Crippen LogP contribution in [0.4, 0.5) is 0 Å². The van der Waals surface area contributed by atoms with Crippen LogP contribution in [0.15, 0.2) is 54.7 Å². The summed E-state index contributed by atoms with van der Waals surface area (Å²) in [4.78, 5) is 12.4. The van der Waals surface area contributed by atoms with Gasteiger partial charge < -0.3 is 9.47 Å². The van der Waals surface area contributed by atoms with Crippen molar-refractivity contribution in [2.45, 2.75) is 13.5 Å². The third-order valence-electron chi connectivity index (χ3n) is 4.23. The molecule has 0 amide bonds. The van der Waals surface area contributed by atoms with Crippen LogP contribution in [-0.2, 0) is 13.7 Å². The second-order valence-electron chi connectivity index (χ2n) is 6.29. The molecule has 0 atom stereocenters. The molecule has 0 N–H and O–H groups in total. The maximum atomic E-state index is 12.4. The molecule has 144 valence electrons. The van der Waals surface area contributed by atoms with E-state index in [2.05, 4.69) is 5.10 Å². The third-order valence-corrected chi connectivity index (χ3v) is 4.54. The van der Waals surface area contributed by atoms with Crippen molar-refractivity contribution in [3.8, 4) is 11.5 Å². The Hall–Kier alpha value is -3.05. The molecule has 6 heteroatoms. The predicted molar refractivity (Wildman–Crippen MR) is 110 cm³/mol. The minimum atomic E-state index is -0.0877. The van der Waals surface area contributed by atoms with Gasteiger partial charge in [-0.15, -0.1) is 0 Å². The van der Waals surface area contributed by atoms with Crippen LogP contribution < -0.4 is 9.47 Å². The Labute approximate surface area is 169 Å². The zero-order chi connectivity index (χ0) is 20.1. The number of para-hydroxylation sites is 1. The predicted octanol–water partition coefficient (Wildman–Crippen LogP) is 4.87. The summed E-state index contributed by atoms with van der Waals surface area (Å²) in [6.45, 7) is 2.11. The molecule has 2 aromatic carbocycles. The van der Waals surface area contributed by atoms with Crippen LogP contribution in [0.5, 0.6) is 11.5 Å². The molecule has 0 fully saturated rings. The van der Waals surface area contributed by atoms with E-state index in [0.717, 1.165) is 11.1 Å². The van der Waals surface area contributed by atoms with E-state index in [9.17, 15) is 4.79 Å². The molecule has 0 radical (unpaired) electrons. The highest BCUT2D eigenvalue weighted by atomic mass is 35.5. The quantitative estimate of drug-likeness (QED) is 0.422. The average molecular weight is 397 g/mol. The Morgan fingerprint density at radius 2 is 2.00 bits per heavy atom. The second kappa shape index (κ2) is 8.76. The van der Waals surface area contributed by atoms with Gasteiger partial charge in [-0.2, -0.15) is 5.10 Å². The van der Waals surface area contributed by atoms with Crippen LogP contribution in [-0.4, -0.2) is 22.7 Å². The van der Waals surface area contributed by atoms with Gasteiger partial charge in [0.05, 0.1) is 23.4 Å². The fourth-order valence-electron chi connectivity index (χ4n) is 2.84. The minimum Gasteiger partial charge on any atom is -0.496 e. The zero-order valence-corrected chi connectivity index (χ0v) is 16.7. The highest BCUT2D eigenvalue weighted by Gasteiger charge is 2.10. The number of benzene rings is 2. The second-order valence-corrected chi connectivity index (χ2v) is 6.70. The van der Waals surface area contributed by atoms with E-state index in [-0.39, 0.29) is 5.78 Å². The number of ether oxygens (including phenoxy) is 2. The van der Waals surface area contributed by atoms with Crippen molar-refractivity contribution in [1.29, 1.82) is 0 Å². The number of halogens is 1. The summed E-state index contributed by atoms with van der Waals surface area (Å²) in [5.74, 6) is 1.23. The average Bonchev–Trinajstić information content (AvgIpc) is 3.03. The first kappa shape index (κ1) is 19.7. The summed E-state index contributed by atoms with van der Waals surface area (Å²) in [5, 5.41) is 4.75. The Morgan fingerprint density at radius 1 is 1.21 bits per heavy atom. The first-order valence-corrected chi connectivity index (χ1v) is 9.12. The van der Waals surface area contributed by atoms with Gasteiger partial charge in [0.2, 0.25) is 0 Å². The Balaban J connectivity index is 1.77. The molecule has 0 aliphatic rings. The number of nitrogens with zero attached hydrogens (tertiary/aromatic N) is 2. The summed E-state index contributed by atoms with van der Waals surface area (Å²) < 4.78 is 12.9. The van der Waals surface area contributed by atoms with Gasteiger partial charge in [-0.1, -0.05) is 35.9 Å². The molecule has 0 unspecified atom stereocenters. The van der Waals surface area contributed by atoms with Crippen molar-refractivity contribution in [2.24, 2.45) is 7.05 Å². The number of rotatable bonds is 7. The number of aromatic nitrogens is 2. The third kappa shape index (κ3) is 4.61. The summed E-state index contributed by atoms with van der Waals surface area (Å²) in [6, 6.07) is 13.0. The number of carbonyl (C=O) groups excluding carboxylic acids is 1. The van der Waals surface area contributed by atoms with Gasteiger partial charge in [-0.25, -0.2) is 0 Å².